The molecule has 1 aliphatic heterocycles. The highest BCUT2D eigenvalue weighted by molar-refractivity contribution is 5.90. The third-order valence-electron chi connectivity index (χ3n) is 2.21. The highest BCUT2D eigenvalue weighted by Gasteiger charge is 2.43. The molecule has 1 rings (SSSR count). The van der Waals surface area contributed by atoms with Crippen molar-refractivity contribution in [2.24, 2.45) is 0 Å². The summed E-state index contributed by atoms with van der Waals surface area (Å²) >= 11 is 0. The van der Waals surface area contributed by atoms with Gasteiger partial charge in [0.05, 0.1) is 0 Å². The lowest BCUT2D eigenvalue weighted by molar-refractivity contribution is -0.120. The fourth-order valence-electron chi connectivity index (χ4n) is 1.28. The predicted molar refractivity (Wildman–Crippen MR) is 57.5 cm³/mol. The summed E-state index contributed by atoms with van der Waals surface area (Å²) < 4.78 is 4.87. The number of hydrogen-bond donors (Lipinski definition) is 0. The molecule has 2 atom stereocenters. The minimum Gasteiger partial charge on any atom is -0.353 e. The maximum atomic E-state index is 11.3. The minimum absolute atomic E-state index is 0.0304. The van der Waals surface area contributed by atoms with E-state index in [9.17, 15) is 9.59 Å². The first-order chi connectivity index (χ1) is 7.29. The Morgan fingerprint density at radius 1 is 1.33 bits per heavy atom. The number of allylic oxidation sites excluding steroid dienone is 4. The van der Waals surface area contributed by atoms with Crippen LogP contribution in [0.4, 0.5) is 0 Å². The van der Waals surface area contributed by atoms with Crippen molar-refractivity contribution in [3.8, 4) is 0 Å². The molecule has 1 saturated heterocycles. The van der Waals surface area contributed by atoms with Crippen LogP contribution in [0.5, 0.6) is 0 Å². The van der Waals surface area contributed by atoms with Crippen LogP contribution in [0, 0.1) is 0 Å². The van der Waals surface area contributed by atoms with Crippen molar-refractivity contribution in [2.45, 2.75) is 38.4 Å². The van der Waals surface area contributed by atoms with Gasteiger partial charge in [0.15, 0.2) is 12.1 Å². The highest BCUT2D eigenvalue weighted by Crippen LogP contribution is 2.22. The molecule has 1 heterocycles. The second-order valence-electron chi connectivity index (χ2n) is 3.44. The number of carbonyl (C=O) groups is 2. The summed E-state index contributed by atoms with van der Waals surface area (Å²) in [7, 11) is 0. The van der Waals surface area contributed by atoms with E-state index in [4.69, 9.17) is 4.74 Å². The van der Waals surface area contributed by atoms with Crippen LogP contribution in [-0.4, -0.2) is 24.3 Å². The summed E-state index contributed by atoms with van der Waals surface area (Å²) in [5.74, 6) is 0.0304. The molecule has 0 N–H and O–H groups in total. The molecule has 0 aromatic rings. The van der Waals surface area contributed by atoms with E-state index in [0.29, 0.717) is 12.7 Å². The van der Waals surface area contributed by atoms with Gasteiger partial charge in [0.1, 0.15) is 12.2 Å². The van der Waals surface area contributed by atoms with Crippen LogP contribution < -0.4 is 0 Å². The number of hydrogen-bond acceptors (Lipinski definition) is 3. The first-order valence-corrected chi connectivity index (χ1v) is 5.19. The third-order valence-corrected chi connectivity index (χ3v) is 2.21. The van der Waals surface area contributed by atoms with E-state index in [2.05, 4.69) is 0 Å². The van der Waals surface area contributed by atoms with Crippen molar-refractivity contribution < 1.29 is 14.3 Å². The van der Waals surface area contributed by atoms with E-state index < -0.39 is 12.2 Å². The Morgan fingerprint density at radius 2 is 2.13 bits per heavy atom. The number of carbonyl (C=O) groups excluding carboxylic acids is 2. The molecule has 0 spiro atoms. The van der Waals surface area contributed by atoms with Gasteiger partial charge in [-0.2, -0.15) is 0 Å². The van der Waals surface area contributed by atoms with Crippen LogP contribution >= 0.6 is 0 Å². The van der Waals surface area contributed by atoms with Crippen molar-refractivity contribution in [3.05, 3.63) is 24.3 Å². The standard InChI is InChI=1S/C12H16O3/c1-2-3-4-5-6-7-8-10(14)12-11(9-13)15-12/h2-3,5-6,9,11-12H,4,7-8H2,1H3/b3-2+,6-5+/t11-,12+/m0/s1. The van der Waals surface area contributed by atoms with Gasteiger partial charge < -0.3 is 9.53 Å². The van der Waals surface area contributed by atoms with E-state index in [-0.39, 0.29) is 5.78 Å². The third kappa shape index (κ3) is 4.21. The van der Waals surface area contributed by atoms with Crippen molar-refractivity contribution in [1.29, 1.82) is 0 Å². The average molecular weight is 208 g/mol. The lowest BCUT2D eigenvalue weighted by atomic mass is 10.1. The molecule has 0 amide bonds. The van der Waals surface area contributed by atoms with Crippen LogP contribution in [0.25, 0.3) is 0 Å². The zero-order valence-corrected chi connectivity index (χ0v) is 8.89. The molecule has 15 heavy (non-hydrogen) atoms. The number of epoxide rings is 1. The number of Topliss-reactive ketones (excluding diaryl/α,β-unsaturated/α-hetero) is 1. The SMILES string of the molecule is C/C=C/C/C=C/CCC(=O)[C@H]1O[C@H]1C=O. The normalized spacial score (nSPS) is 24.9. The van der Waals surface area contributed by atoms with Crippen LogP contribution in [0.2, 0.25) is 0 Å². The first-order valence-electron chi connectivity index (χ1n) is 5.19. The van der Waals surface area contributed by atoms with Crippen LogP contribution in [0.1, 0.15) is 26.2 Å². The monoisotopic (exact) mass is 208 g/mol. The number of ether oxygens (including phenoxy) is 1. The molecular weight excluding hydrogens is 192 g/mol. The second-order valence-corrected chi connectivity index (χ2v) is 3.44. The Hall–Kier alpha value is -1.22. The Balaban J connectivity index is 2.07. The smallest absolute Gasteiger partial charge is 0.165 e. The van der Waals surface area contributed by atoms with Crippen LogP contribution in [-0.2, 0) is 14.3 Å². The van der Waals surface area contributed by atoms with Crippen molar-refractivity contribution in [2.75, 3.05) is 0 Å². The molecule has 0 radical (unpaired) electrons. The van der Waals surface area contributed by atoms with Gasteiger partial charge in [-0.25, -0.2) is 0 Å². The van der Waals surface area contributed by atoms with E-state index in [1.807, 2.05) is 31.2 Å². The molecule has 0 unspecified atom stereocenters. The lowest BCUT2D eigenvalue weighted by Gasteiger charge is -1.91. The summed E-state index contributed by atoms with van der Waals surface area (Å²) in [5, 5.41) is 0. The molecule has 82 valence electrons. The Kier molecular flexibility index (Phi) is 4.98. The zero-order chi connectivity index (χ0) is 11.1. The maximum absolute atomic E-state index is 11.3. The molecule has 1 aliphatic rings. The van der Waals surface area contributed by atoms with Crippen molar-refractivity contribution in [3.63, 3.8) is 0 Å². The number of ketones is 1. The quantitative estimate of drug-likeness (QED) is 0.364. The van der Waals surface area contributed by atoms with E-state index >= 15 is 0 Å². The average Bonchev–Trinajstić information content (AvgIpc) is 3.02. The zero-order valence-electron chi connectivity index (χ0n) is 8.89. The Labute approximate surface area is 89.8 Å². The van der Waals surface area contributed by atoms with Gasteiger partial charge >= 0.3 is 0 Å². The fourth-order valence-corrected chi connectivity index (χ4v) is 1.28. The summed E-state index contributed by atoms with van der Waals surface area (Å²) in [5.41, 5.74) is 0. The van der Waals surface area contributed by atoms with Gasteiger partial charge in [0.2, 0.25) is 0 Å². The second kappa shape index (κ2) is 6.30. The minimum atomic E-state index is -0.468. The molecule has 3 nitrogen and oxygen atoms in total. The Bertz CT molecular complexity index is 279. The topological polar surface area (TPSA) is 46.7 Å². The van der Waals surface area contributed by atoms with Crippen molar-refractivity contribution in [1.82, 2.24) is 0 Å². The Morgan fingerprint density at radius 3 is 2.73 bits per heavy atom. The van der Waals surface area contributed by atoms with Crippen LogP contribution in [0.15, 0.2) is 24.3 Å². The molecule has 3 heteroatoms. The molecule has 0 saturated carbocycles. The van der Waals surface area contributed by atoms with Crippen LogP contribution in [0.3, 0.4) is 0 Å². The van der Waals surface area contributed by atoms with Gasteiger partial charge in [-0.15, -0.1) is 0 Å². The fraction of sp³-hybridized carbons (Fsp3) is 0.500. The molecule has 1 fully saturated rings. The van der Waals surface area contributed by atoms with E-state index in [1.54, 1.807) is 0 Å². The summed E-state index contributed by atoms with van der Waals surface area (Å²) in [6, 6.07) is 0. The first kappa shape index (κ1) is 11.9. The lowest BCUT2D eigenvalue weighted by Crippen LogP contribution is -2.09. The molecule has 0 aromatic heterocycles. The largest absolute Gasteiger partial charge is 0.353 e. The number of rotatable bonds is 7. The van der Waals surface area contributed by atoms with Gasteiger partial charge in [0, 0.05) is 6.42 Å². The van der Waals surface area contributed by atoms with Gasteiger partial charge in [-0.05, 0) is 19.8 Å². The summed E-state index contributed by atoms with van der Waals surface area (Å²) in [6.07, 6.45) is 9.90. The van der Waals surface area contributed by atoms with Gasteiger partial charge in [-0.3, -0.25) is 4.79 Å². The molecule has 0 aliphatic carbocycles. The van der Waals surface area contributed by atoms with Gasteiger partial charge in [-0.1, -0.05) is 24.3 Å². The maximum Gasteiger partial charge on any atom is 0.165 e. The predicted octanol–water partition coefficient (Wildman–Crippen LogP) is 1.82. The van der Waals surface area contributed by atoms with Gasteiger partial charge in [0.25, 0.3) is 0 Å². The van der Waals surface area contributed by atoms with Crippen molar-refractivity contribution >= 4 is 12.1 Å². The molecular formula is C12H16O3. The molecule has 0 bridgehead atoms. The highest BCUT2D eigenvalue weighted by atomic mass is 16.6. The summed E-state index contributed by atoms with van der Waals surface area (Å²) in [6.45, 7) is 1.97. The summed E-state index contributed by atoms with van der Waals surface area (Å²) in [4.78, 5) is 21.6. The molecule has 0 aromatic carbocycles. The van der Waals surface area contributed by atoms with E-state index in [1.165, 1.54) is 0 Å². The van der Waals surface area contributed by atoms with E-state index in [0.717, 1.165) is 12.8 Å². The number of aldehydes is 1.